The first kappa shape index (κ1) is 16.4. The SMILES string of the molecule is CC.COc1cccc(C=O)c1OC(=S)N(C)C. The van der Waals surface area contributed by atoms with Crippen LogP contribution in [0.5, 0.6) is 11.5 Å². The molecule has 0 aliphatic carbocycles. The van der Waals surface area contributed by atoms with Gasteiger partial charge < -0.3 is 14.4 Å². The van der Waals surface area contributed by atoms with Crippen molar-refractivity contribution in [1.82, 2.24) is 4.90 Å². The number of carbonyl (C=O) groups excluding carboxylic acids is 1. The summed E-state index contributed by atoms with van der Waals surface area (Å²) in [5, 5.41) is 0.271. The van der Waals surface area contributed by atoms with Gasteiger partial charge in [0, 0.05) is 14.1 Å². The molecule has 0 atom stereocenters. The van der Waals surface area contributed by atoms with E-state index in [0.717, 1.165) is 0 Å². The highest BCUT2D eigenvalue weighted by Gasteiger charge is 2.13. The average Bonchev–Trinajstić information content (AvgIpc) is 2.41. The number of thiocarbonyl (C=S) groups is 1. The van der Waals surface area contributed by atoms with Gasteiger partial charge in [-0.25, -0.2) is 0 Å². The Labute approximate surface area is 113 Å². The van der Waals surface area contributed by atoms with E-state index < -0.39 is 0 Å². The minimum Gasteiger partial charge on any atom is -0.493 e. The summed E-state index contributed by atoms with van der Waals surface area (Å²) in [7, 11) is 5.03. The highest BCUT2D eigenvalue weighted by Crippen LogP contribution is 2.30. The van der Waals surface area contributed by atoms with Crippen LogP contribution in [-0.2, 0) is 0 Å². The van der Waals surface area contributed by atoms with Crippen LogP contribution in [0, 0.1) is 0 Å². The van der Waals surface area contributed by atoms with E-state index in [1.54, 1.807) is 37.2 Å². The van der Waals surface area contributed by atoms with Crippen LogP contribution < -0.4 is 9.47 Å². The van der Waals surface area contributed by atoms with Crippen LogP contribution in [0.1, 0.15) is 24.2 Å². The molecule has 0 unspecified atom stereocenters. The van der Waals surface area contributed by atoms with Gasteiger partial charge >= 0.3 is 0 Å². The maximum absolute atomic E-state index is 10.9. The number of methoxy groups -OCH3 is 1. The van der Waals surface area contributed by atoms with E-state index in [4.69, 9.17) is 21.7 Å². The van der Waals surface area contributed by atoms with Crippen molar-refractivity contribution in [2.75, 3.05) is 21.2 Å². The highest BCUT2D eigenvalue weighted by atomic mass is 32.1. The van der Waals surface area contributed by atoms with Crippen LogP contribution in [0.4, 0.5) is 0 Å². The second-order valence-electron chi connectivity index (χ2n) is 3.26. The molecule has 4 nitrogen and oxygen atoms in total. The normalized spacial score (nSPS) is 8.72. The Balaban J connectivity index is 0.00000137. The number of ether oxygens (including phenoxy) is 2. The van der Waals surface area contributed by atoms with E-state index in [9.17, 15) is 4.79 Å². The van der Waals surface area contributed by atoms with Crippen molar-refractivity contribution < 1.29 is 14.3 Å². The monoisotopic (exact) mass is 269 g/mol. The maximum Gasteiger partial charge on any atom is 0.264 e. The molecular weight excluding hydrogens is 250 g/mol. The molecular formula is C13H19NO3S. The molecule has 100 valence electrons. The van der Waals surface area contributed by atoms with Gasteiger partial charge in [0.05, 0.1) is 12.7 Å². The molecule has 0 fully saturated rings. The average molecular weight is 269 g/mol. The fraction of sp³-hybridized carbons (Fsp3) is 0.385. The fourth-order valence-corrected chi connectivity index (χ4v) is 1.16. The quantitative estimate of drug-likeness (QED) is 0.623. The summed E-state index contributed by atoms with van der Waals surface area (Å²) in [6.45, 7) is 4.00. The summed E-state index contributed by atoms with van der Waals surface area (Å²) in [5.41, 5.74) is 0.406. The van der Waals surface area contributed by atoms with Gasteiger partial charge in [-0.05, 0) is 24.4 Å². The summed E-state index contributed by atoms with van der Waals surface area (Å²) >= 11 is 5.01. The largest absolute Gasteiger partial charge is 0.493 e. The predicted molar refractivity (Wildman–Crippen MR) is 76.6 cm³/mol. The molecule has 0 radical (unpaired) electrons. The lowest BCUT2D eigenvalue weighted by atomic mass is 10.2. The Bertz CT molecular complexity index is 405. The lowest BCUT2D eigenvalue weighted by Crippen LogP contribution is -2.25. The maximum atomic E-state index is 10.9. The Hall–Kier alpha value is -1.62. The number of aldehydes is 1. The zero-order valence-electron chi connectivity index (χ0n) is 11.4. The van der Waals surface area contributed by atoms with Crippen molar-refractivity contribution >= 4 is 23.7 Å². The molecule has 0 saturated carbocycles. The molecule has 0 N–H and O–H groups in total. The Morgan fingerprint density at radius 3 is 2.39 bits per heavy atom. The van der Waals surface area contributed by atoms with Crippen LogP contribution in [0.2, 0.25) is 0 Å². The molecule has 0 heterocycles. The van der Waals surface area contributed by atoms with Crippen molar-refractivity contribution in [3.05, 3.63) is 23.8 Å². The van der Waals surface area contributed by atoms with Crippen molar-refractivity contribution in [2.24, 2.45) is 0 Å². The Morgan fingerprint density at radius 2 is 1.94 bits per heavy atom. The summed E-state index contributed by atoms with van der Waals surface area (Å²) in [5.74, 6) is 0.826. The highest BCUT2D eigenvalue weighted by molar-refractivity contribution is 7.80. The topological polar surface area (TPSA) is 38.8 Å². The van der Waals surface area contributed by atoms with Gasteiger partial charge in [-0.3, -0.25) is 4.79 Å². The molecule has 0 amide bonds. The van der Waals surface area contributed by atoms with E-state index in [2.05, 4.69) is 0 Å². The third-order valence-electron chi connectivity index (χ3n) is 1.91. The third kappa shape index (κ3) is 4.33. The summed E-state index contributed by atoms with van der Waals surface area (Å²) in [6, 6.07) is 5.07. The van der Waals surface area contributed by atoms with Gasteiger partial charge in [-0.1, -0.05) is 19.9 Å². The Kier molecular flexibility index (Phi) is 7.71. The first-order chi connectivity index (χ1) is 8.60. The zero-order chi connectivity index (χ0) is 14.1. The predicted octanol–water partition coefficient (Wildman–Crippen LogP) is 2.76. The van der Waals surface area contributed by atoms with Crippen LogP contribution in [0.15, 0.2) is 18.2 Å². The van der Waals surface area contributed by atoms with Gasteiger partial charge in [-0.2, -0.15) is 0 Å². The first-order valence-electron chi connectivity index (χ1n) is 5.61. The second-order valence-corrected chi connectivity index (χ2v) is 3.61. The number of nitrogens with zero attached hydrogens (tertiary/aromatic N) is 1. The summed E-state index contributed by atoms with van der Waals surface area (Å²) in [4.78, 5) is 12.5. The number of carbonyl (C=O) groups is 1. The van der Waals surface area contributed by atoms with E-state index >= 15 is 0 Å². The molecule has 0 aliphatic heterocycles. The number of hydrogen-bond donors (Lipinski definition) is 0. The van der Waals surface area contributed by atoms with Crippen LogP contribution in [0.25, 0.3) is 0 Å². The smallest absolute Gasteiger partial charge is 0.264 e. The molecule has 0 spiro atoms. The van der Waals surface area contributed by atoms with E-state index in [1.165, 1.54) is 7.11 Å². The number of benzene rings is 1. The van der Waals surface area contributed by atoms with Crippen LogP contribution in [-0.4, -0.2) is 37.6 Å². The van der Waals surface area contributed by atoms with E-state index in [0.29, 0.717) is 23.3 Å². The molecule has 0 aromatic heterocycles. The molecule has 1 aromatic rings. The van der Waals surface area contributed by atoms with E-state index in [-0.39, 0.29) is 5.17 Å². The van der Waals surface area contributed by atoms with Gasteiger partial charge in [0.2, 0.25) is 0 Å². The second kappa shape index (κ2) is 8.47. The Morgan fingerprint density at radius 1 is 1.33 bits per heavy atom. The van der Waals surface area contributed by atoms with Crippen molar-refractivity contribution in [3.63, 3.8) is 0 Å². The van der Waals surface area contributed by atoms with Gasteiger partial charge in [-0.15, -0.1) is 0 Å². The summed E-state index contributed by atoms with van der Waals surface area (Å²) in [6.07, 6.45) is 0.704. The third-order valence-corrected chi connectivity index (χ3v) is 2.36. The minimum absolute atomic E-state index is 0.271. The first-order valence-corrected chi connectivity index (χ1v) is 6.02. The zero-order valence-corrected chi connectivity index (χ0v) is 12.2. The van der Waals surface area contributed by atoms with Crippen LogP contribution >= 0.6 is 12.2 Å². The van der Waals surface area contributed by atoms with Crippen LogP contribution in [0.3, 0.4) is 0 Å². The minimum atomic E-state index is 0.271. The number of para-hydroxylation sites is 1. The van der Waals surface area contributed by atoms with Gasteiger partial charge in [0.25, 0.3) is 5.17 Å². The molecule has 18 heavy (non-hydrogen) atoms. The van der Waals surface area contributed by atoms with Gasteiger partial charge in [0.1, 0.15) is 0 Å². The molecule has 0 saturated heterocycles. The molecule has 0 bridgehead atoms. The van der Waals surface area contributed by atoms with E-state index in [1.807, 2.05) is 13.8 Å². The van der Waals surface area contributed by atoms with Gasteiger partial charge in [0.15, 0.2) is 17.8 Å². The molecule has 1 rings (SSSR count). The van der Waals surface area contributed by atoms with Crippen molar-refractivity contribution in [2.45, 2.75) is 13.8 Å². The van der Waals surface area contributed by atoms with Crippen molar-refractivity contribution in [1.29, 1.82) is 0 Å². The summed E-state index contributed by atoms with van der Waals surface area (Å²) < 4.78 is 10.5. The lowest BCUT2D eigenvalue weighted by molar-refractivity contribution is 0.112. The molecule has 5 heteroatoms. The number of hydrogen-bond acceptors (Lipinski definition) is 4. The molecule has 0 aliphatic rings. The number of rotatable bonds is 3. The standard InChI is InChI=1S/C11H13NO3S.C2H6/c1-12(2)11(16)15-10-8(7-13)5-4-6-9(10)14-3;1-2/h4-7H,1-3H3;1-2H3. The van der Waals surface area contributed by atoms with Crippen molar-refractivity contribution in [3.8, 4) is 11.5 Å². The fourth-order valence-electron chi connectivity index (χ4n) is 1.07. The lowest BCUT2D eigenvalue weighted by Gasteiger charge is -2.16. The molecule has 1 aromatic carbocycles.